The number of pyridine rings is 1. The van der Waals surface area contributed by atoms with Gasteiger partial charge in [0.1, 0.15) is 5.65 Å². The summed E-state index contributed by atoms with van der Waals surface area (Å²) in [7, 11) is 3.99. The molecule has 0 saturated carbocycles. The molecule has 1 amide bonds. The number of aromatic amines is 2. The summed E-state index contributed by atoms with van der Waals surface area (Å²) in [4.78, 5) is 49.0. The molecule has 2 aliphatic heterocycles. The fourth-order valence-corrected chi connectivity index (χ4v) is 4.23. The minimum absolute atomic E-state index is 0.144. The maximum absolute atomic E-state index is 12.9. The third-order valence-corrected chi connectivity index (χ3v) is 5.78. The Morgan fingerprint density at radius 1 is 1.24 bits per heavy atom. The zero-order chi connectivity index (χ0) is 17.7. The molecule has 4 rings (SSSR count). The predicted molar refractivity (Wildman–Crippen MR) is 92.7 cm³/mol. The lowest BCUT2D eigenvalue weighted by atomic mass is 9.96. The molecule has 4 heterocycles. The number of nitrogens with zero attached hydrogens (tertiary/aromatic N) is 3. The quantitative estimate of drug-likeness (QED) is 0.817. The van der Waals surface area contributed by atoms with Gasteiger partial charge in [-0.3, -0.25) is 19.6 Å². The molecule has 2 saturated heterocycles. The lowest BCUT2D eigenvalue weighted by molar-refractivity contribution is 0.0563. The van der Waals surface area contributed by atoms with E-state index < -0.39 is 11.2 Å². The molecule has 132 valence electrons. The van der Waals surface area contributed by atoms with Crippen molar-refractivity contribution < 1.29 is 4.79 Å². The molecule has 2 fully saturated rings. The molecule has 25 heavy (non-hydrogen) atoms. The number of hydrogen-bond acceptors (Lipinski definition) is 5. The van der Waals surface area contributed by atoms with Crippen molar-refractivity contribution in [1.29, 1.82) is 0 Å². The Balaban J connectivity index is 1.61. The van der Waals surface area contributed by atoms with E-state index in [2.05, 4.69) is 26.9 Å². The first-order chi connectivity index (χ1) is 11.9. The average molecular weight is 343 g/mol. The summed E-state index contributed by atoms with van der Waals surface area (Å²) in [6.07, 6.45) is 5.76. The van der Waals surface area contributed by atoms with Gasteiger partial charge in [0.2, 0.25) is 0 Å². The van der Waals surface area contributed by atoms with Crippen LogP contribution < -0.4 is 11.2 Å². The van der Waals surface area contributed by atoms with E-state index in [-0.39, 0.29) is 23.0 Å². The number of carbonyl (C=O) groups excluding carboxylic acids is 1. The molecule has 8 heteroatoms. The van der Waals surface area contributed by atoms with Crippen molar-refractivity contribution in [3.05, 3.63) is 38.7 Å². The highest BCUT2D eigenvalue weighted by Crippen LogP contribution is 2.36. The molecule has 8 nitrogen and oxygen atoms in total. The van der Waals surface area contributed by atoms with Gasteiger partial charge in [0.15, 0.2) is 0 Å². The van der Waals surface area contributed by atoms with Crippen molar-refractivity contribution in [3.63, 3.8) is 0 Å². The summed E-state index contributed by atoms with van der Waals surface area (Å²) in [6, 6.07) is 2.79. The Hall–Kier alpha value is -2.48. The molecule has 2 N–H and O–H groups in total. The van der Waals surface area contributed by atoms with Gasteiger partial charge in [-0.25, -0.2) is 9.78 Å². The van der Waals surface area contributed by atoms with Gasteiger partial charge in [-0.15, -0.1) is 0 Å². The molecule has 0 spiro atoms. The van der Waals surface area contributed by atoms with Gasteiger partial charge in [-0.05, 0) is 38.8 Å². The summed E-state index contributed by atoms with van der Waals surface area (Å²) in [5.74, 6) is -0.144. The lowest BCUT2D eigenvalue weighted by Crippen LogP contribution is -2.49. The third-order valence-electron chi connectivity index (χ3n) is 5.78. The van der Waals surface area contributed by atoms with Gasteiger partial charge < -0.3 is 9.80 Å². The van der Waals surface area contributed by atoms with Crippen LogP contribution in [0.15, 0.2) is 21.9 Å². The van der Waals surface area contributed by atoms with Crippen molar-refractivity contribution in [3.8, 4) is 0 Å². The SMILES string of the molecule is CN(C(=O)c1cnc2[nH]c(=O)[nH]c(=O)c2c1)C1CC2CCC(C1)N2C. The van der Waals surface area contributed by atoms with Crippen LogP contribution >= 0.6 is 0 Å². The average Bonchev–Trinajstić information content (AvgIpc) is 2.81. The fraction of sp³-hybridized carbons (Fsp3) is 0.529. The first-order valence-corrected chi connectivity index (χ1v) is 8.55. The predicted octanol–water partition coefficient (Wildman–Crippen LogP) is 0.309. The Bertz CT molecular complexity index is 935. The first-order valence-electron chi connectivity index (χ1n) is 8.55. The van der Waals surface area contributed by atoms with Crippen LogP contribution in [0.5, 0.6) is 0 Å². The van der Waals surface area contributed by atoms with Crippen LogP contribution in [0, 0.1) is 0 Å². The monoisotopic (exact) mass is 343 g/mol. The van der Waals surface area contributed by atoms with E-state index in [0.29, 0.717) is 17.6 Å². The van der Waals surface area contributed by atoms with Gasteiger partial charge in [-0.1, -0.05) is 0 Å². The number of amides is 1. The van der Waals surface area contributed by atoms with E-state index in [4.69, 9.17) is 0 Å². The molecule has 2 unspecified atom stereocenters. The van der Waals surface area contributed by atoms with Crippen LogP contribution in [0.25, 0.3) is 11.0 Å². The van der Waals surface area contributed by atoms with Crippen molar-refractivity contribution in [2.24, 2.45) is 0 Å². The Labute approximate surface area is 143 Å². The summed E-state index contributed by atoms with van der Waals surface area (Å²) in [5.41, 5.74) is -0.604. The van der Waals surface area contributed by atoms with Crippen LogP contribution in [0.3, 0.4) is 0 Å². The maximum atomic E-state index is 12.9. The second-order valence-corrected chi connectivity index (χ2v) is 7.12. The minimum atomic E-state index is -0.608. The number of aromatic nitrogens is 3. The Morgan fingerprint density at radius 2 is 1.92 bits per heavy atom. The van der Waals surface area contributed by atoms with Gasteiger partial charge in [0.25, 0.3) is 11.5 Å². The van der Waals surface area contributed by atoms with Crippen LogP contribution in [-0.4, -0.2) is 62.9 Å². The van der Waals surface area contributed by atoms with E-state index in [1.54, 1.807) is 4.90 Å². The highest BCUT2D eigenvalue weighted by molar-refractivity contribution is 5.96. The number of fused-ring (bicyclic) bond motifs is 3. The van der Waals surface area contributed by atoms with Crippen LogP contribution in [0.2, 0.25) is 0 Å². The zero-order valence-electron chi connectivity index (χ0n) is 14.3. The molecule has 0 aliphatic carbocycles. The molecular formula is C17H21N5O3. The van der Waals surface area contributed by atoms with Crippen molar-refractivity contribution in [1.82, 2.24) is 24.8 Å². The first kappa shape index (κ1) is 16.0. The standard InChI is InChI=1S/C17H21N5O3/c1-21-10-3-4-11(21)7-12(6-10)22(2)16(24)9-5-13-14(18-8-9)19-17(25)20-15(13)23/h5,8,10-12H,3-4,6-7H2,1-2H3,(H2,18,19,20,23,25). The number of hydrogen-bond donors (Lipinski definition) is 2. The maximum Gasteiger partial charge on any atom is 0.327 e. The van der Waals surface area contributed by atoms with E-state index in [9.17, 15) is 14.4 Å². The molecule has 2 aromatic rings. The normalized spacial score (nSPS) is 26.1. The molecule has 2 aromatic heterocycles. The molecule has 0 radical (unpaired) electrons. The molecule has 0 aromatic carbocycles. The topological polar surface area (TPSA) is 102 Å². The second kappa shape index (κ2) is 5.80. The Morgan fingerprint density at radius 3 is 2.60 bits per heavy atom. The zero-order valence-corrected chi connectivity index (χ0v) is 14.3. The molecule has 2 bridgehead atoms. The van der Waals surface area contributed by atoms with E-state index in [1.165, 1.54) is 25.1 Å². The summed E-state index contributed by atoms with van der Waals surface area (Å²) >= 11 is 0. The van der Waals surface area contributed by atoms with Crippen molar-refractivity contribution >= 4 is 16.9 Å². The minimum Gasteiger partial charge on any atom is -0.339 e. The second-order valence-electron chi connectivity index (χ2n) is 7.12. The molecule has 2 aliphatic rings. The smallest absolute Gasteiger partial charge is 0.327 e. The van der Waals surface area contributed by atoms with Crippen LogP contribution in [0.1, 0.15) is 36.0 Å². The highest BCUT2D eigenvalue weighted by atomic mass is 16.2. The lowest BCUT2D eigenvalue weighted by Gasteiger charge is -2.40. The fourth-order valence-electron chi connectivity index (χ4n) is 4.23. The van der Waals surface area contributed by atoms with E-state index in [1.807, 2.05) is 7.05 Å². The summed E-state index contributed by atoms with van der Waals surface area (Å²) in [6.45, 7) is 0. The number of carbonyl (C=O) groups is 1. The van der Waals surface area contributed by atoms with Crippen LogP contribution in [0.4, 0.5) is 0 Å². The van der Waals surface area contributed by atoms with E-state index >= 15 is 0 Å². The van der Waals surface area contributed by atoms with Crippen LogP contribution in [-0.2, 0) is 0 Å². The van der Waals surface area contributed by atoms with E-state index in [0.717, 1.165) is 12.8 Å². The van der Waals surface area contributed by atoms with Gasteiger partial charge in [0.05, 0.1) is 10.9 Å². The van der Waals surface area contributed by atoms with Gasteiger partial charge >= 0.3 is 5.69 Å². The number of rotatable bonds is 2. The van der Waals surface area contributed by atoms with Crippen molar-refractivity contribution in [2.75, 3.05) is 14.1 Å². The van der Waals surface area contributed by atoms with Gasteiger partial charge in [0, 0.05) is 31.4 Å². The van der Waals surface area contributed by atoms with Crippen molar-refractivity contribution in [2.45, 2.75) is 43.8 Å². The molecule has 2 atom stereocenters. The highest BCUT2D eigenvalue weighted by Gasteiger charge is 2.40. The summed E-state index contributed by atoms with van der Waals surface area (Å²) < 4.78 is 0. The largest absolute Gasteiger partial charge is 0.339 e. The van der Waals surface area contributed by atoms with Gasteiger partial charge in [-0.2, -0.15) is 0 Å². The summed E-state index contributed by atoms with van der Waals surface area (Å²) in [5, 5.41) is 0.210. The number of H-pyrrole nitrogens is 2. The number of piperidine rings is 1. The number of nitrogens with one attached hydrogen (secondary N) is 2. The third kappa shape index (κ3) is 2.66. The molecular weight excluding hydrogens is 322 g/mol. The Kier molecular flexibility index (Phi) is 3.72.